The summed E-state index contributed by atoms with van der Waals surface area (Å²) in [6.07, 6.45) is 1.04. The fourth-order valence-corrected chi connectivity index (χ4v) is 3.79. The molecule has 0 bridgehead atoms. The van der Waals surface area contributed by atoms with Crippen molar-refractivity contribution in [2.45, 2.75) is 58.7 Å². The zero-order chi connectivity index (χ0) is 24.5. The summed E-state index contributed by atoms with van der Waals surface area (Å²) in [7, 11) is 0. The summed E-state index contributed by atoms with van der Waals surface area (Å²) in [6, 6.07) is 23.1. The largest absolute Gasteiger partial charge is 0.352 e. The summed E-state index contributed by atoms with van der Waals surface area (Å²) in [5, 5.41) is 3.05. The number of carbonyl (C=O) groups is 2. The number of nitrogens with zero attached hydrogens (tertiary/aromatic N) is 1. The van der Waals surface area contributed by atoms with E-state index in [1.54, 1.807) is 23.1 Å². The molecule has 0 aliphatic heterocycles. The first-order chi connectivity index (χ1) is 16.4. The van der Waals surface area contributed by atoms with Gasteiger partial charge in [-0.1, -0.05) is 85.3 Å². The van der Waals surface area contributed by atoms with E-state index in [-0.39, 0.29) is 30.8 Å². The van der Waals surface area contributed by atoms with Crippen LogP contribution in [-0.4, -0.2) is 28.8 Å². The molecule has 1 N–H and O–H groups in total. The minimum absolute atomic E-state index is 0.0198. The van der Waals surface area contributed by atoms with Crippen molar-refractivity contribution in [3.05, 3.63) is 107 Å². The van der Waals surface area contributed by atoms with Gasteiger partial charge < -0.3 is 10.2 Å². The van der Waals surface area contributed by atoms with E-state index >= 15 is 0 Å². The van der Waals surface area contributed by atoms with Gasteiger partial charge in [-0.3, -0.25) is 9.59 Å². The average molecular weight is 461 g/mol. The Morgan fingerprint density at radius 1 is 0.912 bits per heavy atom. The number of rotatable bonds is 10. The first kappa shape index (κ1) is 25.2. The molecule has 2 amide bonds. The number of nitrogens with one attached hydrogen (secondary N) is 1. The molecule has 3 rings (SSSR count). The highest BCUT2D eigenvalue weighted by atomic mass is 19.1. The van der Waals surface area contributed by atoms with Crippen molar-refractivity contribution in [3.8, 4) is 0 Å². The molecule has 0 aliphatic rings. The van der Waals surface area contributed by atoms with Crippen LogP contribution in [0.5, 0.6) is 0 Å². The highest BCUT2D eigenvalue weighted by Crippen LogP contribution is 2.18. The van der Waals surface area contributed by atoms with Crippen LogP contribution in [-0.2, 0) is 29.0 Å². The molecule has 0 heterocycles. The van der Waals surface area contributed by atoms with Gasteiger partial charge in [0.2, 0.25) is 11.8 Å². The number of amides is 2. The minimum atomic E-state index is -0.725. The summed E-state index contributed by atoms with van der Waals surface area (Å²) in [6.45, 7) is 6.22. The predicted octanol–water partition coefficient (Wildman–Crippen LogP) is 5.23. The molecule has 0 spiro atoms. The fourth-order valence-electron chi connectivity index (χ4n) is 3.79. The molecule has 0 fully saturated rings. The highest BCUT2D eigenvalue weighted by molar-refractivity contribution is 5.89. The maximum absolute atomic E-state index is 14.4. The zero-order valence-electron chi connectivity index (χ0n) is 20.1. The van der Waals surface area contributed by atoms with Crippen LogP contribution in [0.15, 0.2) is 78.9 Å². The third kappa shape index (κ3) is 7.01. The lowest BCUT2D eigenvalue weighted by Gasteiger charge is -2.32. The molecule has 0 saturated heterocycles. The Morgan fingerprint density at radius 3 is 2.21 bits per heavy atom. The Morgan fingerprint density at radius 2 is 1.56 bits per heavy atom. The van der Waals surface area contributed by atoms with E-state index in [0.29, 0.717) is 12.0 Å². The van der Waals surface area contributed by atoms with Gasteiger partial charge in [-0.15, -0.1) is 0 Å². The van der Waals surface area contributed by atoms with Gasteiger partial charge in [0.25, 0.3) is 0 Å². The molecule has 3 aromatic rings. The molecule has 4 nitrogen and oxygen atoms in total. The van der Waals surface area contributed by atoms with Crippen molar-refractivity contribution in [2.24, 2.45) is 0 Å². The quantitative estimate of drug-likeness (QED) is 0.450. The minimum Gasteiger partial charge on any atom is -0.352 e. The first-order valence-corrected chi connectivity index (χ1v) is 11.8. The van der Waals surface area contributed by atoms with E-state index in [9.17, 15) is 14.0 Å². The van der Waals surface area contributed by atoms with Crippen LogP contribution in [0, 0.1) is 12.7 Å². The summed E-state index contributed by atoms with van der Waals surface area (Å²) in [5.41, 5.74) is 3.31. The normalized spacial score (nSPS) is 12.6. The van der Waals surface area contributed by atoms with Gasteiger partial charge in [-0.05, 0) is 43.0 Å². The van der Waals surface area contributed by atoms with Gasteiger partial charge in [0.05, 0.1) is 6.42 Å². The van der Waals surface area contributed by atoms with Crippen LogP contribution in [0.3, 0.4) is 0 Å². The van der Waals surface area contributed by atoms with Crippen LogP contribution in [0.25, 0.3) is 0 Å². The van der Waals surface area contributed by atoms with Crippen molar-refractivity contribution in [1.29, 1.82) is 0 Å². The van der Waals surface area contributed by atoms with Gasteiger partial charge >= 0.3 is 0 Å². The molecule has 178 valence electrons. The molecule has 5 heteroatoms. The number of aryl methyl sites for hydroxylation is 1. The Labute approximate surface area is 201 Å². The van der Waals surface area contributed by atoms with E-state index in [4.69, 9.17) is 0 Å². The number of halogens is 1. The van der Waals surface area contributed by atoms with Crippen LogP contribution in [0.4, 0.5) is 4.39 Å². The molecule has 2 atom stereocenters. The Balaban J connectivity index is 1.97. The number of benzene rings is 3. The van der Waals surface area contributed by atoms with E-state index in [1.807, 2.05) is 75.4 Å². The lowest BCUT2D eigenvalue weighted by molar-refractivity contribution is -0.141. The highest BCUT2D eigenvalue weighted by Gasteiger charge is 2.31. The SMILES string of the molecule is CC[C@@H](C)NC(=O)[C@H](Cc1ccccc1)N(Cc1ccc(C)cc1)C(=O)Cc1ccccc1F. The van der Waals surface area contributed by atoms with Crippen LogP contribution in [0.2, 0.25) is 0 Å². The second kappa shape index (κ2) is 12.1. The van der Waals surface area contributed by atoms with Crippen molar-refractivity contribution >= 4 is 11.8 Å². The molecular weight excluding hydrogens is 427 g/mol. The Hall–Kier alpha value is -3.47. The van der Waals surface area contributed by atoms with Crippen molar-refractivity contribution < 1.29 is 14.0 Å². The van der Waals surface area contributed by atoms with Crippen molar-refractivity contribution in [2.75, 3.05) is 0 Å². The van der Waals surface area contributed by atoms with E-state index < -0.39 is 11.9 Å². The second-order valence-electron chi connectivity index (χ2n) is 8.80. The first-order valence-electron chi connectivity index (χ1n) is 11.8. The third-order valence-corrected chi connectivity index (χ3v) is 6.05. The smallest absolute Gasteiger partial charge is 0.243 e. The molecule has 3 aromatic carbocycles. The predicted molar refractivity (Wildman–Crippen MR) is 134 cm³/mol. The van der Waals surface area contributed by atoms with Crippen LogP contribution < -0.4 is 5.32 Å². The van der Waals surface area contributed by atoms with Crippen molar-refractivity contribution in [1.82, 2.24) is 10.2 Å². The maximum Gasteiger partial charge on any atom is 0.243 e. The maximum atomic E-state index is 14.4. The van der Waals surface area contributed by atoms with Crippen molar-refractivity contribution in [3.63, 3.8) is 0 Å². The van der Waals surface area contributed by atoms with E-state index in [2.05, 4.69) is 5.32 Å². The lowest BCUT2D eigenvalue weighted by Crippen LogP contribution is -2.52. The van der Waals surface area contributed by atoms with Gasteiger partial charge in [-0.2, -0.15) is 0 Å². The average Bonchev–Trinajstić information content (AvgIpc) is 2.84. The van der Waals surface area contributed by atoms with Crippen LogP contribution >= 0.6 is 0 Å². The van der Waals surface area contributed by atoms with Gasteiger partial charge in [-0.25, -0.2) is 4.39 Å². The molecule has 0 radical (unpaired) electrons. The fraction of sp³-hybridized carbons (Fsp3) is 0.310. The van der Waals surface area contributed by atoms with E-state index in [0.717, 1.165) is 23.1 Å². The number of hydrogen-bond donors (Lipinski definition) is 1. The third-order valence-electron chi connectivity index (χ3n) is 6.05. The van der Waals surface area contributed by atoms with Crippen LogP contribution in [0.1, 0.15) is 42.5 Å². The second-order valence-corrected chi connectivity index (χ2v) is 8.80. The summed E-state index contributed by atoms with van der Waals surface area (Å²) in [4.78, 5) is 28.7. The lowest BCUT2D eigenvalue weighted by atomic mass is 10.0. The van der Waals surface area contributed by atoms with Gasteiger partial charge in [0.1, 0.15) is 11.9 Å². The zero-order valence-corrected chi connectivity index (χ0v) is 20.1. The molecular formula is C29H33FN2O2. The molecule has 0 unspecified atom stereocenters. The van der Waals surface area contributed by atoms with Gasteiger partial charge in [0, 0.05) is 19.0 Å². The van der Waals surface area contributed by atoms with E-state index in [1.165, 1.54) is 6.07 Å². The summed E-state index contributed by atoms with van der Waals surface area (Å²) in [5.74, 6) is -0.909. The molecule has 0 aliphatic carbocycles. The monoisotopic (exact) mass is 460 g/mol. The standard InChI is InChI=1S/C29H33FN2O2/c1-4-22(3)31-29(34)27(18-23-10-6-5-7-11-23)32(20-24-16-14-21(2)15-17-24)28(33)19-25-12-8-9-13-26(25)30/h5-17,22,27H,4,18-20H2,1-3H3,(H,31,34)/t22-,27+/m1/s1. The molecule has 34 heavy (non-hydrogen) atoms. The summed E-state index contributed by atoms with van der Waals surface area (Å²) >= 11 is 0. The van der Waals surface area contributed by atoms with Gasteiger partial charge in [0.15, 0.2) is 0 Å². The number of hydrogen-bond acceptors (Lipinski definition) is 2. The molecule has 0 aromatic heterocycles. The number of carbonyl (C=O) groups excluding carboxylic acids is 2. The topological polar surface area (TPSA) is 49.4 Å². The Bertz CT molecular complexity index is 1080. The summed E-state index contributed by atoms with van der Waals surface area (Å²) < 4.78 is 14.4. The Kier molecular flexibility index (Phi) is 8.97. The molecule has 0 saturated carbocycles.